The third kappa shape index (κ3) is 8.28. The third-order valence-electron chi connectivity index (χ3n) is 7.89. The first-order valence-electron chi connectivity index (χ1n) is 14.5. The number of rotatable bonds is 10. The number of hydrogen-bond donors (Lipinski definition) is 1. The Labute approximate surface area is 257 Å². The number of thioether (sulfide) groups is 1. The maximum atomic E-state index is 12.6. The molecule has 0 radical (unpaired) electrons. The van der Waals surface area contributed by atoms with E-state index in [-0.39, 0.29) is 5.91 Å². The van der Waals surface area contributed by atoms with E-state index in [0.717, 1.165) is 61.2 Å². The Hall–Kier alpha value is -2.52. The van der Waals surface area contributed by atoms with Gasteiger partial charge in [0.15, 0.2) is 5.16 Å². The Kier molecular flexibility index (Phi) is 10.7. The van der Waals surface area contributed by atoms with Gasteiger partial charge in [0.05, 0.1) is 10.7 Å². The van der Waals surface area contributed by atoms with Gasteiger partial charge in [0.25, 0.3) is 5.91 Å². The molecule has 2 aromatic carbocycles. The first kappa shape index (κ1) is 30.0. The Morgan fingerprint density at radius 1 is 0.976 bits per heavy atom. The van der Waals surface area contributed by atoms with Gasteiger partial charge in [-0.3, -0.25) is 4.79 Å². The predicted octanol–water partition coefficient (Wildman–Crippen LogP) is 6.40. The fourth-order valence-corrected chi connectivity index (χ4v) is 6.76. The number of benzene rings is 2. The van der Waals surface area contributed by atoms with E-state index < -0.39 is 0 Å². The topological polar surface area (TPSA) is 64.6 Å². The lowest BCUT2D eigenvalue weighted by molar-refractivity contribution is 0.0949. The molecule has 2 aliphatic rings. The molecule has 3 heterocycles. The number of piperidine rings is 1. The van der Waals surface area contributed by atoms with Crippen LogP contribution in [-0.2, 0) is 5.75 Å². The summed E-state index contributed by atoms with van der Waals surface area (Å²) in [6.45, 7) is 8.58. The molecule has 1 atom stereocenters. The van der Waals surface area contributed by atoms with Gasteiger partial charge in [0, 0.05) is 62.7 Å². The van der Waals surface area contributed by atoms with Crippen molar-refractivity contribution in [3.8, 4) is 0 Å². The van der Waals surface area contributed by atoms with Gasteiger partial charge in [-0.05, 0) is 62.6 Å². The molecule has 0 saturated carbocycles. The fourth-order valence-electron chi connectivity index (χ4n) is 5.47. The average Bonchev–Trinajstić information content (AvgIpc) is 2.99. The van der Waals surface area contributed by atoms with Crippen LogP contribution in [0.2, 0.25) is 10.2 Å². The molecule has 1 aromatic heterocycles. The first-order valence-corrected chi connectivity index (χ1v) is 16.2. The lowest BCUT2D eigenvalue weighted by Gasteiger charge is -2.37. The van der Waals surface area contributed by atoms with Crippen LogP contribution in [0, 0.1) is 0 Å². The van der Waals surface area contributed by atoms with Crippen molar-refractivity contribution < 1.29 is 4.79 Å². The SMILES string of the molecule is CC1CCCCN1CCCNC(=O)c1ccc(CSc2nc(Cl)cc(N3CCN(c4ccccc4Cl)CC3)n2)cc1. The highest BCUT2D eigenvalue weighted by Crippen LogP contribution is 2.29. The zero-order valence-electron chi connectivity index (χ0n) is 23.6. The molecule has 5 rings (SSSR count). The normalized spacial score (nSPS) is 18.0. The number of carbonyl (C=O) groups excluding carboxylic acids is 1. The Morgan fingerprint density at radius 2 is 1.73 bits per heavy atom. The van der Waals surface area contributed by atoms with Gasteiger partial charge in [-0.2, -0.15) is 0 Å². The maximum Gasteiger partial charge on any atom is 0.251 e. The Bertz CT molecular complexity index is 1300. The zero-order valence-corrected chi connectivity index (χ0v) is 25.9. The molecule has 0 spiro atoms. The second-order valence-corrected chi connectivity index (χ2v) is 12.5. The monoisotopic (exact) mass is 612 g/mol. The maximum absolute atomic E-state index is 12.6. The molecule has 1 amide bonds. The summed E-state index contributed by atoms with van der Waals surface area (Å²) in [4.78, 5) is 28.9. The lowest BCUT2D eigenvalue weighted by atomic mass is 10.0. The van der Waals surface area contributed by atoms with E-state index in [1.54, 1.807) is 11.8 Å². The minimum Gasteiger partial charge on any atom is -0.367 e. The first-order chi connectivity index (χ1) is 20.0. The van der Waals surface area contributed by atoms with Gasteiger partial charge >= 0.3 is 0 Å². The highest BCUT2D eigenvalue weighted by Gasteiger charge is 2.21. The number of carbonyl (C=O) groups is 1. The molecular formula is C31H38Cl2N6OS. The summed E-state index contributed by atoms with van der Waals surface area (Å²) in [5.41, 5.74) is 2.85. The Morgan fingerprint density at radius 3 is 2.49 bits per heavy atom. The van der Waals surface area contributed by atoms with Gasteiger partial charge in [-0.25, -0.2) is 9.97 Å². The van der Waals surface area contributed by atoms with E-state index in [1.165, 1.54) is 25.8 Å². The molecule has 3 aromatic rings. The van der Waals surface area contributed by atoms with Crippen LogP contribution in [0.1, 0.15) is 48.5 Å². The summed E-state index contributed by atoms with van der Waals surface area (Å²) in [5, 5.41) is 4.93. The predicted molar refractivity (Wildman–Crippen MR) is 171 cm³/mol. The highest BCUT2D eigenvalue weighted by atomic mass is 35.5. The second-order valence-electron chi connectivity index (χ2n) is 10.7. The van der Waals surface area contributed by atoms with E-state index in [2.05, 4.69) is 38.0 Å². The van der Waals surface area contributed by atoms with E-state index >= 15 is 0 Å². The van der Waals surface area contributed by atoms with Crippen molar-refractivity contribution in [2.45, 2.75) is 49.6 Å². The fraction of sp³-hybridized carbons (Fsp3) is 0.452. The molecule has 2 aliphatic heterocycles. The van der Waals surface area contributed by atoms with Crippen molar-refractivity contribution in [1.29, 1.82) is 0 Å². The highest BCUT2D eigenvalue weighted by molar-refractivity contribution is 7.98. The number of nitrogens with one attached hydrogen (secondary N) is 1. The van der Waals surface area contributed by atoms with Crippen LogP contribution in [0.15, 0.2) is 59.8 Å². The van der Waals surface area contributed by atoms with Crippen molar-refractivity contribution in [2.24, 2.45) is 0 Å². The number of aromatic nitrogens is 2. The van der Waals surface area contributed by atoms with Gasteiger partial charge in [-0.1, -0.05) is 65.7 Å². The molecule has 218 valence electrons. The van der Waals surface area contributed by atoms with Gasteiger partial charge in [0.2, 0.25) is 0 Å². The van der Waals surface area contributed by atoms with Crippen LogP contribution in [0.5, 0.6) is 0 Å². The van der Waals surface area contributed by atoms with Crippen molar-refractivity contribution in [3.63, 3.8) is 0 Å². The lowest BCUT2D eigenvalue weighted by Crippen LogP contribution is -2.47. The van der Waals surface area contributed by atoms with Gasteiger partial charge < -0.3 is 20.0 Å². The quantitative estimate of drug-likeness (QED) is 0.123. The number of piperazine rings is 1. The minimum absolute atomic E-state index is 0.0201. The number of nitrogens with zero attached hydrogens (tertiary/aromatic N) is 5. The van der Waals surface area contributed by atoms with Crippen LogP contribution < -0.4 is 15.1 Å². The van der Waals surface area contributed by atoms with E-state index in [9.17, 15) is 4.79 Å². The van der Waals surface area contributed by atoms with Crippen molar-refractivity contribution in [2.75, 3.05) is 55.6 Å². The summed E-state index contributed by atoms with van der Waals surface area (Å²) in [7, 11) is 0. The molecule has 0 aliphatic carbocycles. The van der Waals surface area contributed by atoms with Crippen LogP contribution in [0.4, 0.5) is 11.5 Å². The molecule has 0 bridgehead atoms. The molecule has 7 nitrogen and oxygen atoms in total. The smallest absolute Gasteiger partial charge is 0.251 e. The number of halogens is 2. The number of amides is 1. The summed E-state index contributed by atoms with van der Waals surface area (Å²) in [6.07, 6.45) is 4.88. The van der Waals surface area contributed by atoms with E-state index in [0.29, 0.717) is 34.2 Å². The number of anilines is 2. The largest absolute Gasteiger partial charge is 0.367 e. The number of para-hydroxylation sites is 1. The van der Waals surface area contributed by atoms with Crippen LogP contribution in [0.25, 0.3) is 0 Å². The average molecular weight is 614 g/mol. The Balaban J connectivity index is 1.08. The van der Waals surface area contributed by atoms with Crippen molar-refractivity contribution in [3.05, 3.63) is 75.9 Å². The van der Waals surface area contributed by atoms with Gasteiger partial charge in [-0.15, -0.1) is 0 Å². The van der Waals surface area contributed by atoms with Crippen molar-refractivity contribution in [1.82, 2.24) is 20.2 Å². The van der Waals surface area contributed by atoms with E-state index in [4.69, 9.17) is 28.2 Å². The molecule has 41 heavy (non-hydrogen) atoms. The van der Waals surface area contributed by atoms with Crippen molar-refractivity contribution >= 4 is 52.4 Å². The minimum atomic E-state index is -0.0201. The molecule has 10 heteroatoms. The van der Waals surface area contributed by atoms with Gasteiger partial charge in [0.1, 0.15) is 11.0 Å². The number of hydrogen-bond acceptors (Lipinski definition) is 7. The standard InChI is InChI=1S/C31H38Cl2N6OS/c1-23-7-4-5-15-37(23)16-6-14-34-30(40)25-12-10-24(11-13-25)22-41-31-35-28(33)21-29(36-31)39-19-17-38(18-20-39)27-9-3-2-8-26(27)32/h2-3,8-13,21,23H,4-7,14-20,22H2,1H3,(H,34,40). The second kappa shape index (κ2) is 14.6. The molecular weight excluding hydrogens is 575 g/mol. The van der Waals surface area contributed by atoms with Crippen LogP contribution in [0.3, 0.4) is 0 Å². The molecule has 1 unspecified atom stereocenters. The van der Waals surface area contributed by atoms with E-state index in [1.807, 2.05) is 48.5 Å². The summed E-state index contributed by atoms with van der Waals surface area (Å²) in [5.74, 6) is 1.51. The summed E-state index contributed by atoms with van der Waals surface area (Å²) >= 11 is 14.3. The third-order valence-corrected chi connectivity index (χ3v) is 9.32. The summed E-state index contributed by atoms with van der Waals surface area (Å²) in [6, 6.07) is 18.2. The molecule has 1 N–H and O–H groups in total. The zero-order chi connectivity index (χ0) is 28.6. The number of likely N-dealkylation sites (tertiary alicyclic amines) is 1. The summed E-state index contributed by atoms with van der Waals surface area (Å²) < 4.78 is 0. The molecule has 2 fully saturated rings. The van der Waals surface area contributed by atoms with Crippen LogP contribution in [-0.4, -0.2) is 72.6 Å². The van der Waals surface area contributed by atoms with Crippen LogP contribution >= 0.6 is 35.0 Å². The molecule has 2 saturated heterocycles.